The van der Waals surface area contributed by atoms with Crippen LogP contribution in [-0.2, 0) is 20.8 Å². The van der Waals surface area contributed by atoms with Crippen LogP contribution in [-0.4, -0.2) is 61.0 Å². The molecule has 160 valence electrons. The van der Waals surface area contributed by atoms with Gasteiger partial charge in [0.1, 0.15) is 6.54 Å². The second-order valence-corrected chi connectivity index (χ2v) is 7.55. The zero-order valence-corrected chi connectivity index (χ0v) is 17.8. The summed E-state index contributed by atoms with van der Waals surface area (Å²) < 4.78 is 12.0. The van der Waals surface area contributed by atoms with E-state index in [1.807, 2.05) is 39.9 Å². The molecule has 1 aliphatic rings. The van der Waals surface area contributed by atoms with Crippen LogP contribution < -0.4 is 0 Å². The van der Waals surface area contributed by atoms with Crippen molar-refractivity contribution in [2.75, 3.05) is 33.4 Å². The van der Waals surface area contributed by atoms with Crippen LogP contribution in [0.25, 0.3) is 10.9 Å². The van der Waals surface area contributed by atoms with Crippen LogP contribution in [0.2, 0.25) is 5.02 Å². The number of amides is 1. The van der Waals surface area contributed by atoms with Gasteiger partial charge in [-0.2, -0.15) is 0 Å². The predicted molar refractivity (Wildman–Crippen MR) is 119 cm³/mol. The molecular weight excluding hydrogens is 418 g/mol. The van der Waals surface area contributed by atoms with E-state index in [1.54, 1.807) is 24.4 Å². The van der Waals surface area contributed by atoms with Crippen LogP contribution in [0.15, 0.2) is 53.7 Å². The standard InChI is InChI=1S/C23H22ClN3O4/c1-30-23(29)16-6-7-19(24)20(12-16)25-13-17-14-27(21-5-3-2-4-18(17)21)15-22(28)26-8-10-31-11-9-26/h2-7,12-14H,8-11,15H2,1H3. The topological polar surface area (TPSA) is 73.1 Å². The van der Waals surface area contributed by atoms with Crippen LogP contribution in [0.5, 0.6) is 0 Å². The van der Waals surface area contributed by atoms with Crippen molar-refractivity contribution in [2.45, 2.75) is 6.54 Å². The molecule has 2 aromatic carbocycles. The SMILES string of the molecule is COC(=O)c1ccc(Cl)c(N=Cc2cn(CC(=O)N3CCOCC3)c3ccccc23)c1. The number of carbonyl (C=O) groups is 2. The summed E-state index contributed by atoms with van der Waals surface area (Å²) in [6.45, 7) is 2.61. The van der Waals surface area contributed by atoms with Gasteiger partial charge < -0.3 is 18.9 Å². The van der Waals surface area contributed by atoms with E-state index in [9.17, 15) is 9.59 Å². The largest absolute Gasteiger partial charge is 0.465 e. The molecule has 1 aromatic heterocycles. The Kier molecular flexibility index (Phi) is 6.34. The summed E-state index contributed by atoms with van der Waals surface area (Å²) in [6, 6.07) is 12.6. The highest BCUT2D eigenvalue weighted by Gasteiger charge is 2.18. The zero-order valence-electron chi connectivity index (χ0n) is 17.1. The second kappa shape index (κ2) is 9.32. The summed E-state index contributed by atoms with van der Waals surface area (Å²) in [5.74, 6) is -0.396. The molecule has 7 nitrogen and oxygen atoms in total. The quantitative estimate of drug-likeness (QED) is 0.449. The highest BCUT2D eigenvalue weighted by atomic mass is 35.5. The van der Waals surface area contributed by atoms with Gasteiger partial charge in [-0.15, -0.1) is 0 Å². The van der Waals surface area contributed by atoms with Gasteiger partial charge in [-0.25, -0.2) is 4.79 Å². The van der Waals surface area contributed by atoms with E-state index in [0.717, 1.165) is 16.5 Å². The highest BCUT2D eigenvalue weighted by molar-refractivity contribution is 6.33. The third-order valence-corrected chi connectivity index (χ3v) is 5.52. The van der Waals surface area contributed by atoms with Gasteiger partial charge >= 0.3 is 5.97 Å². The number of carbonyl (C=O) groups excluding carboxylic acids is 2. The minimum atomic E-state index is -0.452. The van der Waals surface area contributed by atoms with Gasteiger partial charge in [0.05, 0.1) is 36.6 Å². The molecule has 1 amide bonds. The minimum Gasteiger partial charge on any atom is -0.465 e. The van der Waals surface area contributed by atoms with Gasteiger partial charge in [0, 0.05) is 42.0 Å². The highest BCUT2D eigenvalue weighted by Crippen LogP contribution is 2.27. The third kappa shape index (κ3) is 4.62. The van der Waals surface area contributed by atoms with Gasteiger partial charge in [-0.1, -0.05) is 29.8 Å². The van der Waals surface area contributed by atoms with Gasteiger partial charge in [-0.05, 0) is 24.3 Å². The summed E-state index contributed by atoms with van der Waals surface area (Å²) >= 11 is 6.26. The fourth-order valence-corrected chi connectivity index (χ4v) is 3.73. The molecule has 1 aliphatic heterocycles. The number of esters is 1. The second-order valence-electron chi connectivity index (χ2n) is 7.14. The van der Waals surface area contributed by atoms with E-state index in [1.165, 1.54) is 7.11 Å². The lowest BCUT2D eigenvalue weighted by Crippen LogP contribution is -2.42. The van der Waals surface area contributed by atoms with Gasteiger partial charge in [0.25, 0.3) is 0 Å². The molecule has 0 N–H and O–H groups in total. The number of morpholine rings is 1. The van der Waals surface area contributed by atoms with E-state index in [-0.39, 0.29) is 12.5 Å². The Morgan fingerprint density at radius 3 is 2.74 bits per heavy atom. The van der Waals surface area contributed by atoms with Gasteiger partial charge in [-0.3, -0.25) is 9.79 Å². The molecule has 0 saturated carbocycles. The number of nitrogens with zero attached hydrogens (tertiary/aromatic N) is 3. The lowest BCUT2D eigenvalue weighted by atomic mass is 10.2. The Hall–Kier alpha value is -3.16. The summed E-state index contributed by atoms with van der Waals surface area (Å²) in [5, 5.41) is 1.40. The van der Waals surface area contributed by atoms with Crippen molar-refractivity contribution >= 4 is 46.3 Å². The molecule has 1 fully saturated rings. The van der Waals surface area contributed by atoms with Crippen molar-refractivity contribution in [2.24, 2.45) is 4.99 Å². The monoisotopic (exact) mass is 439 g/mol. The molecular formula is C23H22ClN3O4. The molecule has 0 unspecified atom stereocenters. The molecule has 0 atom stereocenters. The Balaban J connectivity index is 1.63. The van der Waals surface area contributed by atoms with Crippen LogP contribution in [0, 0.1) is 0 Å². The maximum absolute atomic E-state index is 12.7. The number of aromatic nitrogens is 1. The first-order valence-corrected chi connectivity index (χ1v) is 10.3. The zero-order chi connectivity index (χ0) is 21.8. The number of rotatable bonds is 5. The van der Waals surface area contributed by atoms with E-state index in [0.29, 0.717) is 42.6 Å². The van der Waals surface area contributed by atoms with Crippen LogP contribution >= 0.6 is 11.6 Å². The molecule has 31 heavy (non-hydrogen) atoms. The van der Waals surface area contributed by atoms with E-state index < -0.39 is 5.97 Å². The first-order chi connectivity index (χ1) is 15.1. The molecule has 1 saturated heterocycles. The summed E-state index contributed by atoms with van der Waals surface area (Å²) in [4.78, 5) is 30.8. The Morgan fingerprint density at radius 1 is 1.19 bits per heavy atom. The molecule has 0 radical (unpaired) electrons. The molecule has 0 bridgehead atoms. The van der Waals surface area contributed by atoms with E-state index >= 15 is 0 Å². The minimum absolute atomic E-state index is 0.0568. The van der Waals surface area contributed by atoms with Crippen molar-refractivity contribution in [3.05, 3.63) is 64.8 Å². The summed E-state index contributed by atoms with van der Waals surface area (Å²) in [5.41, 5.74) is 2.63. The maximum Gasteiger partial charge on any atom is 0.337 e. The summed E-state index contributed by atoms with van der Waals surface area (Å²) in [6.07, 6.45) is 3.60. The number of fused-ring (bicyclic) bond motifs is 1. The lowest BCUT2D eigenvalue weighted by Gasteiger charge is -2.27. The van der Waals surface area contributed by atoms with Crippen molar-refractivity contribution in [1.82, 2.24) is 9.47 Å². The average molecular weight is 440 g/mol. The van der Waals surface area contributed by atoms with Crippen LogP contribution in [0.3, 0.4) is 0 Å². The van der Waals surface area contributed by atoms with Crippen molar-refractivity contribution in [3.63, 3.8) is 0 Å². The van der Waals surface area contributed by atoms with Crippen molar-refractivity contribution in [1.29, 1.82) is 0 Å². The number of hydrogen-bond donors (Lipinski definition) is 0. The number of halogens is 1. The molecule has 2 heterocycles. The molecule has 0 aliphatic carbocycles. The number of para-hydroxylation sites is 1. The number of hydrogen-bond acceptors (Lipinski definition) is 5. The number of ether oxygens (including phenoxy) is 2. The van der Waals surface area contributed by atoms with Gasteiger partial charge in [0.2, 0.25) is 5.91 Å². The third-order valence-electron chi connectivity index (χ3n) is 5.20. The van der Waals surface area contributed by atoms with E-state index in [4.69, 9.17) is 21.1 Å². The fraction of sp³-hybridized carbons (Fsp3) is 0.261. The van der Waals surface area contributed by atoms with Gasteiger partial charge in [0.15, 0.2) is 0 Å². The van der Waals surface area contributed by atoms with Crippen molar-refractivity contribution in [3.8, 4) is 0 Å². The number of aliphatic imine (C=N–C) groups is 1. The van der Waals surface area contributed by atoms with Crippen molar-refractivity contribution < 1.29 is 19.1 Å². The lowest BCUT2D eigenvalue weighted by molar-refractivity contribution is -0.135. The van der Waals surface area contributed by atoms with Crippen LogP contribution in [0.1, 0.15) is 15.9 Å². The number of benzene rings is 2. The maximum atomic E-state index is 12.7. The molecule has 8 heteroatoms. The first-order valence-electron chi connectivity index (χ1n) is 9.92. The molecule has 3 aromatic rings. The predicted octanol–water partition coefficient (Wildman–Crippen LogP) is 3.69. The van der Waals surface area contributed by atoms with Crippen LogP contribution in [0.4, 0.5) is 5.69 Å². The first kappa shape index (κ1) is 21.1. The smallest absolute Gasteiger partial charge is 0.337 e. The Morgan fingerprint density at radius 2 is 1.97 bits per heavy atom. The van der Waals surface area contributed by atoms with E-state index in [2.05, 4.69) is 4.99 Å². The Bertz CT molecular complexity index is 1150. The Labute approximate surface area is 184 Å². The summed E-state index contributed by atoms with van der Waals surface area (Å²) in [7, 11) is 1.33. The normalized spacial score (nSPS) is 14.3. The molecule has 0 spiro atoms. The molecule has 4 rings (SSSR count). The fourth-order valence-electron chi connectivity index (χ4n) is 3.56. The number of methoxy groups -OCH3 is 1. The average Bonchev–Trinajstić information content (AvgIpc) is 3.16.